The van der Waals surface area contributed by atoms with E-state index in [1.165, 1.54) is 21.6 Å². The first-order valence-corrected chi connectivity index (χ1v) is 3.53. The van der Waals surface area contributed by atoms with E-state index in [1.54, 1.807) is 0 Å². The fourth-order valence-electron chi connectivity index (χ4n) is 0.810. The van der Waals surface area contributed by atoms with Gasteiger partial charge in [-0.3, -0.25) is 0 Å². The van der Waals surface area contributed by atoms with Gasteiger partial charge >= 0.3 is 0 Å². The fourth-order valence-corrected chi connectivity index (χ4v) is 1.46. The summed E-state index contributed by atoms with van der Waals surface area (Å²) in [6, 6.07) is 8.20. The van der Waals surface area contributed by atoms with Gasteiger partial charge in [0.1, 0.15) is 0 Å². The van der Waals surface area contributed by atoms with Crippen molar-refractivity contribution in [3.8, 4) is 0 Å². The Morgan fingerprint density at radius 2 is 2.00 bits per heavy atom. The standard InChI is InChI=1S/C7H5NS.H2S/c1-2-4-7-6(3-1)5-8-9-7;/h1-5H;1H2. The van der Waals surface area contributed by atoms with Crippen molar-refractivity contribution in [1.29, 1.82) is 0 Å². The Balaban J connectivity index is 0.000000500. The molecule has 0 fully saturated rings. The second-order valence-corrected chi connectivity index (χ2v) is 2.70. The van der Waals surface area contributed by atoms with Crippen molar-refractivity contribution in [3.63, 3.8) is 0 Å². The summed E-state index contributed by atoms with van der Waals surface area (Å²) in [5, 5.41) is 1.24. The molecule has 0 aliphatic carbocycles. The predicted molar refractivity (Wildman–Crippen MR) is 50.0 cm³/mol. The molecule has 0 saturated carbocycles. The SMILES string of the molecule is S.c1ccc2sncc2c1. The molecular formula is C7H7NS2. The molecule has 0 aliphatic heterocycles. The molecule has 1 heterocycles. The van der Waals surface area contributed by atoms with Crippen molar-refractivity contribution in [2.24, 2.45) is 0 Å². The van der Waals surface area contributed by atoms with E-state index in [0.717, 1.165) is 0 Å². The van der Waals surface area contributed by atoms with Gasteiger partial charge in [0.05, 0.1) is 4.70 Å². The molecule has 0 aliphatic rings. The molecule has 10 heavy (non-hydrogen) atoms. The first-order chi connectivity index (χ1) is 4.47. The highest BCUT2D eigenvalue weighted by Gasteiger charge is 1.89. The van der Waals surface area contributed by atoms with Crippen molar-refractivity contribution in [2.45, 2.75) is 0 Å². The molecule has 1 nitrogen and oxygen atoms in total. The van der Waals surface area contributed by atoms with Gasteiger partial charge < -0.3 is 0 Å². The Bertz CT molecular complexity index is 286. The van der Waals surface area contributed by atoms with Crippen LogP contribution in [0.2, 0.25) is 0 Å². The zero-order valence-corrected chi connectivity index (χ0v) is 7.06. The summed E-state index contributed by atoms with van der Waals surface area (Å²) in [4.78, 5) is 0. The Kier molecular flexibility index (Phi) is 2.29. The summed E-state index contributed by atoms with van der Waals surface area (Å²) < 4.78 is 5.30. The van der Waals surface area contributed by atoms with Crippen LogP contribution in [-0.4, -0.2) is 4.37 Å². The summed E-state index contributed by atoms with van der Waals surface area (Å²) in [6.45, 7) is 0. The summed E-state index contributed by atoms with van der Waals surface area (Å²) in [5.74, 6) is 0. The maximum Gasteiger partial charge on any atom is 0.0549 e. The zero-order chi connectivity index (χ0) is 6.10. The van der Waals surface area contributed by atoms with Crippen LogP contribution in [0.25, 0.3) is 10.1 Å². The van der Waals surface area contributed by atoms with Crippen LogP contribution in [0.15, 0.2) is 30.5 Å². The Morgan fingerprint density at radius 3 is 2.80 bits per heavy atom. The van der Waals surface area contributed by atoms with Crippen molar-refractivity contribution in [3.05, 3.63) is 30.5 Å². The molecule has 2 aromatic rings. The van der Waals surface area contributed by atoms with Crippen molar-refractivity contribution in [2.75, 3.05) is 0 Å². The number of hydrogen-bond donors (Lipinski definition) is 0. The highest BCUT2D eigenvalue weighted by Crippen LogP contribution is 2.15. The van der Waals surface area contributed by atoms with Gasteiger partial charge in [0.2, 0.25) is 0 Å². The van der Waals surface area contributed by atoms with Crippen LogP contribution in [0.5, 0.6) is 0 Å². The second-order valence-electron chi connectivity index (χ2n) is 1.86. The minimum absolute atomic E-state index is 0. The van der Waals surface area contributed by atoms with Crippen LogP contribution in [0.3, 0.4) is 0 Å². The minimum Gasteiger partial charge on any atom is -0.200 e. The smallest absolute Gasteiger partial charge is 0.0549 e. The van der Waals surface area contributed by atoms with Gasteiger partial charge in [0.25, 0.3) is 0 Å². The first-order valence-electron chi connectivity index (χ1n) is 2.76. The molecule has 0 atom stereocenters. The molecule has 0 spiro atoms. The van der Waals surface area contributed by atoms with Crippen molar-refractivity contribution >= 4 is 35.1 Å². The van der Waals surface area contributed by atoms with Gasteiger partial charge in [0, 0.05) is 11.6 Å². The number of rotatable bonds is 0. The predicted octanol–water partition coefficient (Wildman–Crippen LogP) is 2.41. The molecule has 3 heteroatoms. The molecule has 2 rings (SSSR count). The Labute approximate surface area is 70.3 Å². The van der Waals surface area contributed by atoms with Gasteiger partial charge in [-0.15, -0.1) is 0 Å². The molecule has 0 N–H and O–H groups in total. The molecule has 1 aromatic carbocycles. The largest absolute Gasteiger partial charge is 0.200 e. The summed E-state index contributed by atoms with van der Waals surface area (Å²) in [5.41, 5.74) is 0. The fraction of sp³-hybridized carbons (Fsp3) is 0. The molecule has 0 radical (unpaired) electrons. The minimum atomic E-state index is 0. The first kappa shape index (κ1) is 7.57. The molecule has 1 aromatic heterocycles. The monoisotopic (exact) mass is 169 g/mol. The molecule has 52 valence electrons. The summed E-state index contributed by atoms with van der Waals surface area (Å²) >= 11 is 1.54. The van der Waals surface area contributed by atoms with Crippen molar-refractivity contribution < 1.29 is 0 Å². The highest BCUT2D eigenvalue weighted by atomic mass is 32.1. The third-order valence-electron chi connectivity index (χ3n) is 1.26. The molecular weight excluding hydrogens is 162 g/mol. The molecule has 0 bridgehead atoms. The van der Waals surface area contributed by atoms with E-state index >= 15 is 0 Å². The lowest BCUT2D eigenvalue weighted by atomic mass is 10.3. The van der Waals surface area contributed by atoms with Gasteiger partial charge in [-0.1, -0.05) is 18.2 Å². The number of hydrogen-bond acceptors (Lipinski definition) is 2. The zero-order valence-electron chi connectivity index (χ0n) is 5.24. The lowest BCUT2D eigenvalue weighted by Gasteiger charge is -1.80. The van der Waals surface area contributed by atoms with Gasteiger partial charge in [-0.2, -0.15) is 17.9 Å². The molecule has 0 unspecified atom stereocenters. The normalized spacial score (nSPS) is 9.20. The van der Waals surface area contributed by atoms with Gasteiger partial charge in [-0.25, -0.2) is 0 Å². The van der Waals surface area contributed by atoms with Crippen LogP contribution < -0.4 is 0 Å². The highest BCUT2D eigenvalue weighted by molar-refractivity contribution is 7.59. The maximum absolute atomic E-state index is 4.04. The van der Waals surface area contributed by atoms with E-state index in [4.69, 9.17) is 0 Å². The Morgan fingerprint density at radius 1 is 1.20 bits per heavy atom. The van der Waals surface area contributed by atoms with E-state index in [2.05, 4.69) is 16.5 Å². The molecule has 0 saturated heterocycles. The Hall–Kier alpha value is -0.540. The number of nitrogens with zero attached hydrogens (tertiary/aromatic N) is 1. The van der Waals surface area contributed by atoms with Crippen LogP contribution >= 0.6 is 25.0 Å². The lowest BCUT2D eigenvalue weighted by Crippen LogP contribution is -1.56. The van der Waals surface area contributed by atoms with E-state index in [1.807, 2.05) is 18.3 Å². The summed E-state index contributed by atoms with van der Waals surface area (Å²) in [7, 11) is 0. The van der Waals surface area contributed by atoms with Crippen LogP contribution in [0.4, 0.5) is 0 Å². The van der Waals surface area contributed by atoms with E-state index < -0.39 is 0 Å². The van der Waals surface area contributed by atoms with Crippen LogP contribution in [-0.2, 0) is 0 Å². The van der Waals surface area contributed by atoms with E-state index in [0.29, 0.717) is 0 Å². The average molecular weight is 169 g/mol. The van der Waals surface area contributed by atoms with Crippen LogP contribution in [0, 0.1) is 0 Å². The summed E-state index contributed by atoms with van der Waals surface area (Å²) in [6.07, 6.45) is 1.89. The van der Waals surface area contributed by atoms with Gasteiger partial charge in [0.15, 0.2) is 0 Å². The average Bonchev–Trinajstić information content (AvgIpc) is 2.33. The maximum atomic E-state index is 4.04. The van der Waals surface area contributed by atoms with Crippen molar-refractivity contribution in [1.82, 2.24) is 4.37 Å². The third-order valence-corrected chi connectivity index (χ3v) is 2.04. The molecule has 0 amide bonds. The number of aromatic nitrogens is 1. The topological polar surface area (TPSA) is 12.9 Å². The van der Waals surface area contributed by atoms with E-state index in [-0.39, 0.29) is 13.5 Å². The number of fused-ring (bicyclic) bond motifs is 1. The lowest BCUT2D eigenvalue weighted by molar-refractivity contribution is 1.61. The van der Waals surface area contributed by atoms with Crippen LogP contribution in [0.1, 0.15) is 0 Å². The number of benzene rings is 1. The van der Waals surface area contributed by atoms with E-state index in [9.17, 15) is 0 Å². The third kappa shape index (κ3) is 1.15. The quantitative estimate of drug-likeness (QED) is 0.590. The van der Waals surface area contributed by atoms with Gasteiger partial charge in [-0.05, 0) is 17.6 Å². The second kappa shape index (κ2) is 3.03.